The van der Waals surface area contributed by atoms with Crippen LogP contribution in [0.25, 0.3) is 10.8 Å². The van der Waals surface area contributed by atoms with Gasteiger partial charge in [-0.25, -0.2) is 0 Å². The fourth-order valence-corrected chi connectivity index (χ4v) is 2.54. The van der Waals surface area contributed by atoms with Crippen LogP contribution in [0.5, 0.6) is 0 Å². The number of nitrogens with one attached hydrogen (secondary N) is 2. The van der Waals surface area contributed by atoms with Crippen molar-refractivity contribution in [2.24, 2.45) is 0 Å². The normalized spacial score (nSPS) is 19.4. The third kappa shape index (κ3) is 2.58. The van der Waals surface area contributed by atoms with Crippen LogP contribution >= 0.6 is 0 Å². The number of hydrogen-bond acceptors (Lipinski definition) is 3. The van der Waals surface area contributed by atoms with Gasteiger partial charge in [0.25, 0.3) is 0 Å². The summed E-state index contributed by atoms with van der Waals surface area (Å²) in [4.78, 5) is 15.8. The average molecular weight is 255 g/mol. The van der Waals surface area contributed by atoms with E-state index >= 15 is 0 Å². The average Bonchev–Trinajstić information content (AvgIpc) is 2.46. The number of nitrogens with zero attached hydrogens (tertiary/aromatic N) is 1. The first kappa shape index (κ1) is 12.1. The molecular weight excluding hydrogens is 238 g/mol. The van der Waals surface area contributed by atoms with Gasteiger partial charge in [-0.2, -0.15) is 0 Å². The van der Waals surface area contributed by atoms with Crippen molar-refractivity contribution in [3.8, 4) is 0 Å². The maximum atomic E-state index is 11.7. The molecule has 4 nitrogen and oxygen atoms in total. The zero-order chi connectivity index (χ0) is 13.1. The molecule has 0 aliphatic carbocycles. The Morgan fingerprint density at radius 3 is 3.21 bits per heavy atom. The Morgan fingerprint density at radius 2 is 2.32 bits per heavy atom. The van der Waals surface area contributed by atoms with Crippen LogP contribution < -0.4 is 10.6 Å². The highest BCUT2D eigenvalue weighted by Gasteiger charge is 2.21. The van der Waals surface area contributed by atoms with E-state index < -0.39 is 0 Å². The summed E-state index contributed by atoms with van der Waals surface area (Å²) in [5.74, 6) is 0.119. The van der Waals surface area contributed by atoms with Crippen LogP contribution in [0, 0.1) is 0 Å². The Labute approximate surface area is 112 Å². The molecule has 2 heterocycles. The van der Waals surface area contributed by atoms with Crippen LogP contribution in [0.2, 0.25) is 0 Å². The summed E-state index contributed by atoms with van der Waals surface area (Å²) in [6, 6.07) is 8.13. The maximum Gasteiger partial charge on any atom is 0.237 e. The van der Waals surface area contributed by atoms with Crippen LogP contribution in [0.1, 0.15) is 18.4 Å². The summed E-state index contributed by atoms with van der Waals surface area (Å²) in [6.45, 7) is 1.51. The number of pyridine rings is 1. The summed E-state index contributed by atoms with van der Waals surface area (Å²) in [5, 5.41) is 8.57. The van der Waals surface area contributed by atoms with Gasteiger partial charge in [-0.1, -0.05) is 18.2 Å². The number of rotatable bonds is 3. The molecule has 4 heteroatoms. The predicted octanol–water partition coefficient (Wildman–Crippen LogP) is 1.60. The molecule has 1 amide bonds. The molecule has 98 valence electrons. The van der Waals surface area contributed by atoms with E-state index in [0.717, 1.165) is 24.8 Å². The number of fused-ring (bicyclic) bond motifs is 1. The molecule has 1 aliphatic heterocycles. The van der Waals surface area contributed by atoms with Crippen LogP contribution in [0.15, 0.2) is 36.7 Å². The van der Waals surface area contributed by atoms with E-state index in [-0.39, 0.29) is 11.9 Å². The zero-order valence-electron chi connectivity index (χ0n) is 10.7. The van der Waals surface area contributed by atoms with Gasteiger partial charge in [0.2, 0.25) is 5.91 Å². The molecule has 0 saturated carbocycles. The molecule has 1 saturated heterocycles. The fraction of sp³-hybridized carbons (Fsp3) is 0.333. The van der Waals surface area contributed by atoms with Gasteiger partial charge >= 0.3 is 0 Å². The maximum absolute atomic E-state index is 11.7. The van der Waals surface area contributed by atoms with E-state index in [4.69, 9.17) is 0 Å². The molecule has 2 aromatic rings. The zero-order valence-corrected chi connectivity index (χ0v) is 10.7. The molecule has 1 aromatic carbocycles. The van der Waals surface area contributed by atoms with Crippen molar-refractivity contribution in [2.45, 2.75) is 25.4 Å². The molecule has 0 radical (unpaired) electrons. The Bertz CT molecular complexity index is 591. The van der Waals surface area contributed by atoms with Crippen molar-refractivity contribution >= 4 is 16.7 Å². The molecule has 1 aliphatic rings. The Hall–Kier alpha value is -1.94. The van der Waals surface area contributed by atoms with Gasteiger partial charge < -0.3 is 10.6 Å². The monoisotopic (exact) mass is 255 g/mol. The third-order valence-corrected chi connectivity index (χ3v) is 3.60. The number of benzene rings is 1. The van der Waals surface area contributed by atoms with Gasteiger partial charge in [0, 0.05) is 30.9 Å². The van der Waals surface area contributed by atoms with Gasteiger partial charge in [0.15, 0.2) is 0 Å². The second kappa shape index (κ2) is 5.36. The highest BCUT2D eigenvalue weighted by Crippen LogP contribution is 2.17. The molecule has 2 N–H and O–H groups in total. The van der Waals surface area contributed by atoms with Gasteiger partial charge in [0.05, 0.1) is 6.04 Å². The van der Waals surface area contributed by atoms with Gasteiger partial charge in [0.1, 0.15) is 0 Å². The topological polar surface area (TPSA) is 54.0 Å². The number of amides is 1. The lowest BCUT2D eigenvalue weighted by Crippen LogP contribution is -2.47. The highest BCUT2D eigenvalue weighted by atomic mass is 16.2. The smallest absolute Gasteiger partial charge is 0.237 e. The lowest BCUT2D eigenvalue weighted by Gasteiger charge is -2.23. The number of hydrogen-bond donors (Lipinski definition) is 2. The second-order valence-electron chi connectivity index (χ2n) is 4.88. The van der Waals surface area contributed by atoms with E-state index in [9.17, 15) is 4.79 Å². The molecule has 1 fully saturated rings. The standard InChI is InChI=1S/C15H17N3O/c19-15-14(5-2-7-17-15)18-10-12-4-1-3-11-9-16-8-6-13(11)12/h1,3-4,6,8-9,14,18H,2,5,7,10H2,(H,17,19). The lowest BCUT2D eigenvalue weighted by molar-refractivity contribution is -0.124. The minimum absolute atomic E-state index is 0.0640. The SMILES string of the molecule is O=C1NCCCC1NCc1cccc2cnccc12. The molecule has 1 aromatic heterocycles. The Kier molecular flexibility index (Phi) is 3.42. The molecule has 19 heavy (non-hydrogen) atoms. The molecule has 1 atom stereocenters. The van der Waals surface area contributed by atoms with Gasteiger partial charge in [-0.3, -0.25) is 9.78 Å². The van der Waals surface area contributed by atoms with E-state index in [0.29, 0.717) is 6.54 Å². The Morgan fingerprint density at radius 1 is 1.37 bits per heavy atom. The molecular formula is C15H17N3O. The minimum Gasteiger partial charge on any atom is -0.355 e. The first-order chi connectivity index (χ1) is 9.34. The lowest BCUT2D eigenvalue weighted by atomic mass is 10.0. The molecule has 0 spiro atoms. The van der Waals surface area contributed by atoms with Crippen molar-refractivity contribution in [1.82, 2.24) is 15.6 Å². The first-order valence-corrected chi connectivity index (χ1v) is 6.67. The summed E-state index contributed by atoms with van der Waals surface area (Å²) in [7, 11) is 0. The number of piperidine rings is 1. The van der Waals surface area contributed by atoms with Crippen LogP contribution in [-0.2, 0) is 11.3 Å². The van der Waals surface area contributed by atoms with Crippen LogP contribution in [0.3, 0.4) is 0 Å². The largest absolute Gasteiger partial charge is 0.355 e. The van der Waals surface area contributed by atoms with Gasteiger partial charge in [-0.15, -0.1) is 0 Å². The second-order valence-corrected chi connectivity index (χ2v) is 4.88. The molecule has 3 rings (SSSR count). The predicted molar refractivity (Wildman–Crippen MR) is 74.6 cm³/mol. The van der Waals surface area contributed by atoms with Gasteiger partial charge in [-0.05, 0) is 29.9 Å². The van der Waals surface area contributed by atoms with Crippen LogP contribution in [0.4, 0.5) is 0 Å². The third-order valence-electron chi connectivity index (χ3n) is 3.60. The minimum atomic E-state index is -0.0640. The number of carbonyl (C=O) groups excluding carboxylic acids is 1. The van der Waals surface area contributed by atoms with E-state index in [1.807, 2.05) is 18.3 Å². The highest BCUT2D eigenvalue weighted by molar-refractivity contribution is 5.85. The van der Waals surface area contributed by atoms with E-state index in [1.165, 1.54) is 10.9 Å². The summed E-state index contributed by atoms with van der Waals surface area (Å²) >= 11 is 0. The van der Waals surface area contributed by atoms with Crippen molar-refractivity contribution in [3.63, 3.8) is 0 Å². The summed E-state index contributed by atoms with van der Waals surface area (Å²) in [5.41, 5.74) is 1.21. The van der Waals surface area contributed by atoms with Crippen molar-refractivity contribution in [3.05, 3.63) is 42.2 Å². The first-order valence-electron chi connectivity index (χ1n) is 6.67. The number of aromatic nitrogens is 1. The summed E-state index contributed by atoms with van der Waals surface area (Å²) < 4.78 is 0. The fourth-order valence-electron chi connectivity index (χ4n) is 2.54. The quantitative estimate of drug-likeness (QED) is 0.876. The van der Waals surface area contributed by atoms with Crippen molar-refractivity contribution in [2.75, 3.05) is 6.54 Å². The van der Waals surface area contributed by atoms with Crippen molar-refractivity contribution in [1.29, 1.82) is 0 Å². The number of carbonyl (C=O) groups is 1. The van der Waals surface area contributed by atoms with Crippen LogP contribution in [-0.4, -0.2) is 23.5 Å². The summed E-state index contributed by atoms with van der Waals surface area (Å²) in [6.07, 6.45) is 5.63. The van der Waals surface area contributed by atoms with E-state index in [2.05, 4.69) is 27.8 Å². The van der Waals surface area contributed by atoms with Crippen molar-refractivity contribution < 1.29 is 4.79 Å². The molecule has 1 unspecified atom stereocenters. The van der Waals surface area contributed by atoms with E-state index in [1.54, 1.807) is 6.20 Å². The molecule has 0 bridgehead atoms. The Balaban J connectivity index is 1.76.